The highest BCUT2D eigenvalue weighted by Gasteiger charge is 2.49. The van der Waals surface area contributed by atoms with Crippen LogP contribution in [0.5, 0.6) is 5.75 Å². The largest absolute Gasteiger partial charge is 0.426 e. The Labute approximate surface area is 205 Å². The second kappa shape index (κ2) is 8.35. The van der Waals surface area contributed by atoms with Crippen LogP contribution in [0.15, 0.2) is 30.3 Å². The van der Waals surface area contributed by atoms with Crippen molar-refractivity contribution in [2.45, 2.75) is 98.1 Å². The molecule has 3 rings (SSSR count). The number of rotatable bonds is 3. The van der Waals surface area contributed by atoms with Gasteiger partial charge in [0.15, 0.2) is 0 Å². The summed E-state index contributed by atoms with van der Waals surface area (Å²) in [6.07, 6.45) is 4.20. The summed E-state index contributed by atoms with van der Waals surface area (Å²) in [6.45, 7) is 22.2. The summed E-state index contributed by atoms with van der Waals surface area (Å²) in [6, 6.07) is 10.5. The Morgan fingerprint density at radius 1 is 0.794 bits per heavy atom. The molecule has 183 valence electrons. The summed E-state index contributed by atoms with van der Waals surface area (Å²) >= 11 is 0. The molecule has 1 heterocycles. The molecule has 1 aliphatic rings. The normalized spacial score (nSPS) is 17.8. The summed E-state index contributed by atoms with van der Waals surface area (Å²) in [5.41, 5.74) is 4.76. The van der Waals surface area contributed by atoms with E-state index in [4.69, 9.17) is 4.74 Å². The van der Waals surface area contributed by atoms with Crippen molar-refractivity contribution in [3.05, 3.63) is 63.7 Å². The van der Waals surface area contributed by atoms with Crippen LogP contribution in [-0.4, -0.2) is 11.0 Å². The Morgan fingerprint density at radius 2 is 1.26 bits per heavy atom. The smallest absolute Gasteiger partial charge is 0.308 e. The van der Waals surface area contributed by atoms with E-state index >= 15 is 0 Å². The van der Waals surface area contributed by atoms with Crippen LogP contribution in [0, 0.1) is 0 Å². The molecule has 0 aromatic heterocycles. The first kappa shape index (κ1) is 26.2. The van der Waals surface area contributed by atoms with Crippen LogP contribution in [-0.2, 0) is 31.9 Å². The molecule has 0 atom stereocenters. The summed E-state index contributed by atoms with van der Waals surface area (Å²) in [4.78, 5) is 11.9. The van der Waals surface area contributed by atoms with E-state index in [1.165, 1.54) is 12.0 Å². The van der Waals surface area contributed by atoms with Crippen molar-refractivity contribution in [1.82, 2.24) is 5.06 Å². The standard InChI is InChI=1S/C30H40NO3/c1-19(32)34-26-24(27(2,3)4)17-21(18-25(26)28(5,6)7)13-12-20-14-15-22-23(16-20)30(10,11)31(33)29(22,8)9/h12-18H,1-11H3/b13-12+. The van der Waals surface area contributed by atoms with Gasteiger partial charge in [0.2, 0.25) is 0 Å². The first-order valence-corrected chi connectivity index (χ1v) is 12.0. The van der Waals surface area contributed by atoms with Crippen molar-refractivity contribution in [2.75, 3.05) is 0 Å². The van der Waals surface area contributed by atoms with Gasteiger partial charge in [0.25, 0.3) is 0 Å². The fourth-order valence-corrected chi connectivity index (χ4v) is 4.93. The molecule has 4 nitrogen and oxygen atoms in total. The number of hydrogen-bond acceptors (Lipinski definition) is 3. The lowest BCUT2D eigenvalue weighted by molar-refractivity contribution is -0.266. The van der Waals surface area contributed by atoms with E-state index in [0.717, 1.165) is 33.4 Å². The van der Waals surface area contributed by atoms with Gasteiger partial charge in [0.1, 0.15) is 5.75 Å². The molecule has 0 fully saturated rings. The van der Waals surface area contributed by atoms with Crippen LogP contribution in [0.25, 0.3) is 12.2 Å². The maximum atomic E-state index is 12.9. The van der Waals surface area contributed by atoms with Gasteiger partial charge in [0.05, 0.1) is 11.1 Å². The Bertz CT molecular complexity index is 1110. The van der Waals surface area contributed by atoms with Gasteiger partial charge < -0.3 is 4.74 Å². The topological polar surface area (TPSA) is 49.4 Å². The van der Waals surface area contributed by atoms with Gasteiger partial charge in [-0.25, -0.2) is 0 Å². The van der Waals surface area contributed by atoms with Crippen molar-refractivity contribution in [1.29, 1.82) is 0 Å². The lowest BCUT2D eigenvalue weighted by Crippen LogP contribution is -2.41. The zero-order chi connectivity index (χ0) is 25.9. The van der Waals surface area contributed by atoms with Gasteiger partial charge >= 0.3 is 5.97 Å². The molecule has 0 aliphatic carbocycles. The van der Waals surface area contributed by atoms with Crippen LogP contribution < -0.4 is 4.74 Å². The molecule has 0 bridgehead atoms. The van der Waals surface area contributed by atoms with Gasteiger partial charge in [-0.15, -0.1) is 10.3 Å². The van der Waals surface area contributed by atoms with E-state index in [1.54, 1.807) is 0 Å². The predicted octanol–water partition coefficient (Wildman–Crippen LogP) is 7.51. The minimum Gasteiger partial charge on any atom is -0.426 e. The maximum Gasteiger partial charge on any atom is 0.308 e. The number of carbonyl (C=O) groups is 1. The molecule has 34 heavy (non-hydrogen) atoms. The first-order valence-electron chi connectivity index (χ1n) is 12.0. The molecule has 0 amide bonds. The molecular formula is C30H40NO3. The molecule has 1 aliphatic heterocycles. The molecule has 1 radical (unpaired) electrons. The Morgan fingerprint density at radius 3 is 1.74 bits per heavy atom. The van der Waals surface area contributed by atoms with Crippen molar-refractivity contribution < 1.29 is 14.7 Å². The number of esters is 1. The summed E-state index contributed by atoms with van der Waals surface area (Å²) in [5.74, 6) is 0.358. The monoisotopic (exact) mass is 462 g/mol. The molecule has 0 N–H and O–H groups in total. The average Bonchev–Trinajstić information content (AvgIpc) is 2.82. The van der Waals surface area contributed by atoms with Gasteiger partial charge in [-0.1, -0.05) is 65.8 Å². The lowest BCUT2D eigenvalue weighted by atomic mass is 9.78. The maximum absolute atomic E-state index is 12.9. The minimum absolute atomic E-state index is 0.199. The average molecular weight is 463 g/mol. The van der Waals surface area contributed by atoms with E-state index in [-0.39, 0.29) is 16.8 Å². The van der Waals surface area contributed by atoms with Crippen LogP contribution in [0.4, 0.5) is 0 Å². The van der Waals surface area contributed by atoms with Crippen LogP contribution in [0.3, 0.4) is 0 Å². The molecule has 0 unspecified atom stereocenters. The van der Waals surface area contributed by atoms with Crippen molar-refractivity contribution in [3.8, 4) is 5.75 Å². The zero-order valence-corrected chi connectivity index (χ0v) is 22.7. The molecule has 2 aromatic rings. The molecule has 0 saturated carbocycles. The highest BCUT2D eigenvalue weighted by Crippen LogP contribution is 2.48. The van der Waals surface area contributed by atoms with Crippen LogP contribution in [0.1, 0.15) is 110 Å². The summed E-state index contributed by atoms with van der Waals surface area (Å²) in [5, 5.41) is 14.1. The lowest BCUT2D eigenvalue weighted by Gasteiger charge is -2.32. The van der Waals surface area contributed by atoms with Crippen LogP contribution >= 0.6 is 0 Å². The predicted molar refractivity (Wildman–Crippen MR) is 139 cm³/mol. The van der Waals surface area contributed by atoms with Crippen molar-refractivity contribution >= 4 is 18.1 Å². The number of hydroxylamine groups is 2. The third-order valence-corrected chi connectivity index (χ3v) is 6.82. The number of carbonyl (C=O) groups excluding carboxylic acids is 1. The van der Waals surface area contributed by atoms with Gasteiger partial charge in [-0.2, -0.15) is 0 Å². The Hall–Kier alpha value is -2.43. The summed E-state index contributed by atoms with van der Waals surface area (Å²) in [7, 11) is 0. The van der Waals surface area contributed by atoms with E-state index < -0.39 is 11.1 Å². The van der Waals surface area contributed by atoms with E-state index in [1.807, 2.05) is 27.7 Å². The van der Waals surface area contributed by atoms with Crippen molar-refractivity contribution in [3.63, 3.8) is 0 Å². The molecule has 0 spiro atoms. The summed E-state index contributed by atoms with van der Waals surface area (Å²) < 4.78 is 5.75. The second-order valence-corrected chi connectivity index (χ2v) is 12.6. The number of hydrogen-bond donors (Lipinski definition) is 0. The van der Waals surface area contributed by atoms with Gasteiger partial charge in [-0.05, 0) is 79.0 Å². The second-order valence-electron chi connectivity index (χ2n) is 12.6. The quantitative estimate of drug-likeness (QED) is 0.269. The molecule has 4 heteroatoms. The number of benzene rings is 2. The molecule has 2 aromatic carbocycles. The molecular weight excluding hydrogens is 422 g/mol. The number of ether oxygens (including phenoxy) is 1. The van der Waals surface area contributed by atoms with Crippen LogP contribution in [0.2, 0.25) is 0 Å². The molecule has 0 saturated heterocycles. The third-order valence-electron chi connectivity index (χ3n) is 6.82. The van der Waals surface area contributed by atoms with Gasteiger partial charge in [0, 0.05) is 18.1 Å². The SMILES string of the molecule is CC(=O)Oc1c(C(C)(C)C)cc(/C=C/c2ccc3c(c2)C(C)(C)N([O])C3(C)C)cc1C(C)(C)C. The highest BCUT2D eigenvalue weighted by atomic mass is 16.5. The zero-order valence-electron chi connectivity index (χ0n) is 22.7. The number of fused-ring (bicyclic) bond motifs is 1. The van der Waals surface area contributed by atoms with Gasteiger partial charge in [-0.3, -0.25) is 4.79 Å². The fourth-order valence-electron chi connectivity index (χ4n) is 4.93. The fraction of sp³-hybridized carbons (Fsp3) is 0.500. The van der Waals surface area contributed by atoms with E-state index in [9.17, 15) is 10.0 Å². The minimum atomic E-state index is -0.576. The van der Waals surface area contributed by atoms with E-state index in [0.29, 0.717) is 5.75 Å². The first-order chi connectivity index (χ1) is 15.4. The Kier molecular flexibility index (Phi) is 6.43. The van der Waals surface area contributed by atoms with Crippen molar-refractivity contribution in [2.24, 2.45) is 0 Å². The number of nitrogens with zero attached hydrogens (tertiary/aromatic N) is 1. The highest BCUT2D eigenvalue weighted by molar-refractivity contribution is 5.75. The Balaban J connectivity index is 2.12. The third kappa shape index (κ3) is 4.71. The van der Waals surface area contributed by atoms with E-state index in [2.05, 4.69) is 84.0 Å².